The van der Waals surface area contributed by atoms with Crippen LogP contribution >= 0.6 is 0 Å². The predicted octanol–water partition coefficient (Wildman–Crippen LogP) is 2.87. The molecule has 1 unspecified atom stereocenters. The minimum Gasteiger partial charge on any atom is -0.329 e. The molecule has 2 aromatic heterocycles. The molecule has 0 radical (unpaired) electrons. The van der Waals surface area contributed by atoms with Crippen LogP contribution < -0.4 is 10.3 Å². The number of H-pyrrole nitrogens is 1. The topological polar surface area (TPSA) is 61.1 Å². The normalized spacial score (nSPS) is 19.8. The molecule has 1 aliphatic heterocycles. The Balaban J connectivity index is 1.83. The van der Waals surface area contributed by atoms with E-state index in [4.69, 9.17) is 4.98 Å². The SMILES string of the molecule is O=C1CCCC2=C1C(c1ccc[nH+]c1)n1c(nc3ccccc31)N2. The van der Waals surface area contributed by atoms with E-state index in [-0.39, 0.29) is 11.8 Å². The first-order valence-electron chi connectivity index (χ1n) is 8.29. The van der Waals surface area contributed by atoms with Crippen LogP contribution in [0.15, 0.2) is 60.1 Å². The maximum absolute atomic E-state index is 12.7. The Hall–Kier alpha value is -2.95. The van der Waals surface area contributed by atoms with Gasteiger partial charge in [0.2, 0.25) is 5.95 Å². The molecule has 3 aromatic rings. The van der Waals surface area contributed by atoms with Crippen molar-refractivity contribution in [3.63, 3.8) is 0 Å². The summed E-state index contributed by atoms with van der Waals surface area (Å²) in [7, 11) is 0. The first-order valence-corrected chi connectivity index (χ1v) is 8.29. The van der Waals surface area contributed by atoms with Gasteiger partial charge in [0, 0.05) is 29.3 Å². The number of fused-ring (bicyclic) bond motifs is 3. The van der Waals surface area contributed by atoms with Gasteiger partial charge in [0.25, 0.3) is 0 Å². The second kappa shape index (κ2) is 5.03. The van der Waals surface area contributed by atoms with Gasteiger partial charge in [-0.2, -0.15) is 0 Å². The third kappa shape index (κ3) is 1.84. The number of aromatic amines is 1. The van der Waals surface area contributed by atoms with Crippen molar-refractivity contribution >= 4 is 22.8 Å². The van der Waals surface area contributed by atoms with E-state index in [1.54, 1.807) is 0 Å². The highest BCUT2D eigenvalue weighted by Crippen LogP contribution is 2.42. The number of hydrogen-bond acceptors (Lipinski definition) is 3. The van der Waals surface area contributed by atoms with Crippen LogP contribution in [0, 0.1) is 0 Å². The molecule has 0 spiro atoms. The second-order valence-corrected chi connectivity index (χ2v) is 6.33. The van der Waals surface area contributed by atoms with Crippen molar-refractivity contribution in [1.82, 2.24) is 9.55 Å². The molecule has 0 saturated heterocycles. The highest BCUT2D eigenvalue weighted by Gasteiger charge is 2.37. The van der Waals surface area contributed by atoms with Crippen molar-refractivity contribution < 1.29 is 9.78 Å². The lowest BCUT2D eigenvalue weighted by Gasteiger charge is -2.33. The maximum Gasteiger partial charge on any atom is 0.209 e. The molecule has 0 saturated carbocycles. The average Bonchev–Trinajstić information content (AvgIpc) is 2.99. The number of allylic oxidation sites excluding steroid dienone is 2. The van der Waals surface area contributed by atoms with Gasteiger partial charge in [-0.15, -0.1) is 0 Å². The van der Waals surface area contributed by atoms with Gasteiger partial charge in [-0.1, -0.05) is 12.1 Å². The fourth-order valence-corrected chi connectivity index (χ4v) is 3.86. The van der Waals surface area contributed by atoms with Crippen LogP contribution in [0.3, 0.4) is 0 Å². The van der Waals surface area contributed by atoms with E-state index in [1.165, 1.54) is 0 Å². The number of para-hydroxylation sites is 2. The summed E-state index contributed by atoms with van der Waals surface area (Å²) >= 11 is 0. The van der Waals surface area contributed by atoms with E-state index in [0.29, 0.717) is 6.42 Å². The van der Waals surface area contributed by atoms with Gasteiger partial charge in [0.05, 0.1) is 17.1 Å². The lowest BCUT2D eigenvalue weighted by atomic mass is 9.85. The molecule has 5 rings (SSSR count). The van der Waals surface area contributed by atoms with Gasteiger partial charge >= 0.3 is 0 Å². The van der Waals surface area contributed by atoms with Crippen molar-refractivity contribution in [1.29, 1.82) is 0 Å². The Bertz CT molecular complexity index is 987. The van der Waals surface area contributed by atoms with E-state index in [9.17, 15) is 4.79 Å². The van der Waals surface area contributed by atoms with Crippen LogP contribution in [-0.2, 0) is 4.79 Å². The number of carbonyl (C=O) groups excluding carboxylic acids is 1. The van der Waals surface area contributed by atoms with Gasteiger partial charge in [0.15, 0.2) is 18.2 Å². The molecule has 2 N–H and O–H groups in total. The average molecular weight is 317 g/mol. The number of imidazole rings is 1. The monoisotopic (exact) mass is 317 g/mol. The summed E-state index contributed by atoms with van der Waals surface area (Å²) in [6.07, 6.45) is 6.28. The highest BCUT2D eigenvalue weighted by atomic mass is 16.1. The first kappa shape index (κ1) is 13.5. The summed E-state index contributed by atoms with van der Waals surface area (Å²) < 4.78 is 2.15. The minimum absolute atomic E-state index is 0.131. The Morgan fingerprint density at radius 1 is 1.17 bits per heavy atom. The molecule has 1 atom stereocenters. The lowest BCUT2D eigenvalue weighted by molar-refractivity contribution is -0.378. The molecule has 0 amide bonds. The Morgan fingerprint density at radius 3 is 2.96 bits per heavy atom. The number of aromatic nitrogens is 3. The quantitative estimate of drug-likeness (QED) is 0.751. The third-order valence-corrected chi connectivity index (χ3v) is 4.89. The van der Waals surface area contributed by atoms with Gasteiger partial charge in [-0.05, 0) is 31.0 Å². The molecule has 24 heavy (non-hydrogen) atoms. The number of nitrogens with zero attached hydrogens (tertiary/aromatic N) is 2. The molecule has 5 nitrogen and oxygen atoms in total. The zero-order valence-electron chi connectivity index (χ0n) is 13.1. The maximum atomic E-state index is 12.7. The van der Waals surface area contributed by atoms with Gasteiger partial charge < -0.3 is 5.32 Å². The van der Waals surface area contributed by atoms with Crippen LogP contribution in [0.25, 0.3) is 11.0 Å². The molecular weight excluding hydrogens is 300 g/mol. The molecule has 118 valence electrons. The summed E-state index contributed by atoms with van der Waals surface area (Å²) in [6.45, 7) is 0. The smallest absolute Gasteiger partial charge is 0.209 e. The zero-order valence-corrected chi connectivity index (χ0v) is 13.1. The van der Waals surface area contributed by atoms with Crippen LogP contribution in [-0.4, -0.2) is 15.3 Å². The first-order chi connectivity index (χ1) is 11.8. The number of ketones is 1. The van der Waals surface area contributed by atoms with E-state index in [2.05, 4.69) is 27.0 Å². The number of hydrogen-bond donors (Lipinski definition) is 1. The number of nitrogens with one attached hydrogen (secondary N) is 2. The van der Waals surface area contributed by atoms with Gasteiger partial charge in [0.1, 0.15) is 0 Å². The Morgan fingerprint density at radius 2 is 2.08 bits per heavy atom. The van der Waals surface area contributed by atoms with Gasteiger partial charge in [-0.25, -0.2) is 9.97 Å². The fraction of sp³-hybridized carbons (Fsp3) is 0.211. The largest absolute Gasteiger partial charge is 0.329 e. The number of benzene rings is 1. The summed E-state index contributed by atoms with van der Waals surface area (Å²) in [4.78, 5) is 20.6. The summed E-state index contributed by atoms with van der Waals surface area (Å²) in [5.41, 5.74) is 4.97. The van der Waals surface area contributed by atoms with Crippen molar-refractivity contribution in [3.05, 3.63) is 65.6 Å². The van der Waals surface area contributed by atoms with Crippen LogP contribution in [0.4, 0.5) is 5.95 Å². The number of Topliss-reactive ketones (excluding diaryl/α,β-unsaturated/α-hetero) is 1. The summed E-state index contributed by atoms with van der Waals surface area (Å²) in [5, 5.41) is 3.42. The second-order valence-electron chi connectivity index (χ2n) is 6.33. The van der Waals surface area contributed by atoms with Crippen molar-refractivity contribution in [2.75, 3.05) is 5.32 Å². The third-order valence-electron chi connectivity index (χ3n) is 4.89. The number of carbonyl (C=O) groups is 1. The molecule has 0 bridgehead atoms. The standard InChI is InChI=1S/C19H16N4O/c24-16-9-3-7-14-17(16)18(12-5-4-10-20-11-12)23-15-8-2-1-6-13(15)21-19(23)22-14/h1-2,4-6,8,10-11,18H,3,7,9H2,(H,21,22)/p+1. The van der Waals surface area contributed by atoms with Crippen LogP contribution in [0.1, 0.15) is 30.9 Å². The molecule has 5 heteroatoms. The number of pyridine rings is 1. The Labute approximate surface area is 139 Å². The molecule has 3 heterocycles. The summed E-state index contributed by atoms with van der Waals surface area (Å²) in [5.74, 6) is 1.06. The van der Waals surface area contributed by atoms with E-state index in [0.717, 1.165) is 46.7 Å². The van der Waals surface area contributed by atoms with Crippen molar-refractivity contribution in [2.24, 2.45) is 0 Å². The number of anilines is 1. The molecule has 0 fully saturated rings. The van der Waals surface area contributed by atoms with E-state index >= 15 is 0 Å². The molecule has 2 aliphatic rings. The molecule has 1 aliphatic carbocycles. The Kier molecular flexibility index (Phi) is 2.82. The van der Waals surface area contributed by atoms with Crippen molar-refractivity contribution in [2.45, 2.75) is 25.3 Å². The van der Waals surface area contributed by atoms with Crippen LogP contribution in [0.2, 0.25) is 0 Å². The van der Waals surface area contributed by atoms with Crippen LogP contribution in [0.5, 0.6) is 0 Å². The molecular formula is C19H17N4O+. The fourth-order valence-electron chi connectivity index (χ4n) is 3.86. The summed E-state index contributed by atoms with van der Waals surface area (Å²) in [6, 6.07) is 12.0. The highest BCUT2D eigenvalue weighted by molar-refractivity contribution is 6.00. The van der Waals surface area contributed by atoms with E-state index in [1.807, 2.05) is 36.7 Å². The molecule has 1 aromatic carbocycles. The lowest BCUT2D eigenvalue weighted by Crippen LogP contribution is -2.31. The number of rotatable bonds is 1. The minimum atomic E-state index is -0.131. The van der Waals surface area contributed by atoms with Crippen molar-refractivity contribution in [3.8, 4) is 0 Å². The van der Waals surface area contributed by atoms with E-state index < -0.39 is 0 Å². The zero-order chi connectivity index (χ0) is 16.1. The van der Waals surface area contributed by atoms with Gasteiger partial charge in [-0.3, -0.25) is 9.36 Å². The predicted molar refractivity (Wildman–Crippen MR) is 90.4 cm³/mol.